The largest absolute Gasteiger partial charge is 0.478 e. The number of carboxylic acids is 1. The van der Waals surface area contributed by atoms with Crippen molar-refractivity contribution in [3.8, 4) is 0 Å². The first-order valence-corrected chi connectivity index (χ1v) is 7.03. The SMILES string of the molecule is CCN(C)CCNCC(=O)Nc1cc(C(=O)O)ccc1Cl. The number of nitrogens with zero attached hydrogens (tertiary/aromatic N) is 1. The van der Waals surface area contributed by atoms with Gasteiger partial charge in [0.2, 0.25) is 5.91 Å². The van der Waals surface area contributed by atoms with E-state index in [0.717, 1.165) is 13.1 Å². The lowest BCUT2D eigenvalue weighted by Crippen LogP contribution is -2.34. The zero-order valence-electron chi connectivity index (χ0n) is 12.1. The summed E-state index contributed by atoms with van der Waals surface area (Å²) in [4.78, 5) is 24.8. The van der Waals surface area contributed by atoms with Gasteiger partial charge in [0.1, 0.15) is 0 Å². The molecule has 1 amide bonds. The fourth-order valence-corrected chi connectivity index (χ4v) is 1.74. The first kappa shape index (κ1) is 17.4. The molecule has 0 spiro atoms. The van der Waals surface area contributed by atoms with Crippen LogP contribution < -0.4 is 10.6 Å². The maximum absolute atomic E-state index is 11.8. The molecule has 0 radical (unpaired) electrons. The minimum Gasteiger partial charge on any atom is -0.478 e. The second-order valence-electron chi connectivity index (χ2n) is 4.62. The van der Waals surface area contributed by atoms with E-state index in [1.165, 1.54) is 18.2 Å². The summed E-state index contributed by atoms with van der Waals surface area (Å²) in [5, 5.41) is 14.8. The Labute approximate surface area is 129 Å². The quantitative estimate of drug-likeness (QED) is 0.634. The zero-order valence-corrected chi connectivity index (χ0v) is 12.9. The average molecular weight is 314 g/mol. The standard InChI is InChI=1S/C14H20ClN3O3/c1-3-18(2)7-6-16-9-13(19)17-12-8-10(14(20)21)4-5-11(12)15/h4-5,8,16H,3,6-7,9H2,1-2H3,(H,17,19)(H,20,21). The van der Waals surface area contributed by atoms with Crippen LogP contribution >= 0.6 is 11.6 Å². The Balaban J connectivity index is 2.47. The normalized spacial score (nSPS) is 10.7. The Morgan fingerprint density at radius 2 is 2.10 bits per heavy atom. The van der Waals surface area contributed by atoms with Crippen LogP contribution in [0.25, 0.3) is 0 Å². The minimum absolute atomic E-state index is 0.0761. The third kappa shape index (κ3) is 6.12. The van der Waals surface area contributed by atoms with Gasteiger partial charge in [-0.2, -0.15) is 0 Å². The number of rotatable bonds is 8. The van der Waals surface area contributed by atoms with Crippen LogP contribution in [-0.2, 0) is 4.79 Å². The van der Waals surface area contributed by atoms with Crippen molar-refractivity contribution in [2.75, 3.05) is 38.5 Å². The lowest BCUT2D eigenvalue weighted by Gasteiger charge is -2.14. The lowest BCUT2D eigenvalue weighted by atomic mass is 10.2. The van der Waals surface area contributed by atoms with Crippen LogP contribution in [0.5, 0.6) is 0 Å². The Morgan fingerprint density at radius 3 is 2.71 bits per heavy atom. The highest BCUT2D eigenvalue weighted by atomic mass is 35.5. The van der Waals surface area contributed by atoms with E-state index in [1.54, 1.807) is 0 Å². The molecule has 0 saturated carbocycles. The topological polar surface area (TPSA) is 81.7 Å². The van der Waals surface area contributed by atoms with Crippen molar-refractivity contribution < 1.29 is 14.7 Å². The Morgan fingerprint density at radius 1 is 1.38 bits per heavy atom. The molecule has 1 aromatic carbocycles. The molecule has 0 aliphatic carbocycles. The van der Waals surface area contributed by atoms with Crippen LogP contribution in [0.1, 0.15) is 17.3 Å². The fourth-order valence-electron chi connectivity index (χ4n) is 1.58. The number of hydrogen-bond donors (Lipinski definition) is 3. The van der Waals surface area contributed by atoms with Gasteiger partial charge in [0, 0.05) is 13.1 Å². The third-order valence-corrected chi connectivity index (χ3v) is 3.31. The molecule has 0 aromatic heterocycles. The van der Waals surface area contributed by atoms with Crippen LogP contribution in [0.2, 0.25) is 5.02 Å². The number of anilines is 1. The molecule has 0 unspecified atom stereocenters. The molecule has 7 heteroatoms. The summed E-state index contributed by atoms with van der Waals surface area (Å²) in [5.41, 5.74) is 0.376. The minimum atomic E-state index is -1.07. The van der Waals surface area contributed by atoms with Crippen molar-refractivity contribution in [2.45, 2.75) is 6.92 Å². The Hall–Kier alpha value is -1.63. The molecule has 21 heavy (non-hydrogen) atoms. The first-order chi connectivity index (χ1) is 9.93. The second-order valence-corrected chi connectivity index (χ2v) is 5.03. The summed E-state index contributed by atoms with van der Waals surface area (Å²) in [7, 11) is 2.00. The maximum atomic E-state index is 11.8. The van der Waals surface area contributed by atoms with Crippen molar-refractivity contribution in [3.63, 3.8) is 0 Å². The van der Waals surface area contributed by atoms with Crippen LogP contribution in [0.3, 0.4) is 0 Å². The van der Waals surface area contributed by atoms with Gasteiger partial charge in [-0.1, -0.05) is 18.5 Å². The molecule has 0 atom stereocenters. The van der Waals surface area contributed by atoms with Crippen LogP contribution in [0.4, 0.5) is 5.69 Å². The van der Waals surface area contributed by atoms with E-state index < -0.39 is 5.97 Å². The molecule has 0 fully saturated rings. The number of nitrogens with one attached hydrogen (secondary N) is 2. The number of carbonyl (C=O) groups is 2. The van der Waals surface area contributed by atoms with E-state index in [1.807, 2.05) is 7.05 Å². The zero-order chi connectivity index (χ0) is 15.8. The molecule has 1 aromatic rings. The van der Waals surface area contributed by atoms with Gasteiger partial charge in [-0.25, -0.2) is 4.79 Å². The Bertz CT molecular complexity index is 508. The molecule has 3 N–H and O–H groups in total. The fraction of sp³-hybridized carbons (Fsp3) is 0.429. The number of hydrogen-bond acceptors (Lipinski definition) is 4. The van der Waals surface area contributed by atoms with E-state index in [9.17, 15) is 9.59 Å². The van der Waals surface area contributed by atoms with Gasteiger partial charge in [0.25, 0.3) is 0 Å². The van der Waals surface area contributed by atoms with Crippen LogP contribution in [0.15, 0.2) is 18.2 Å². The predicted octanol–water partition coefficient (Wildman–Crippen LogP) is 1.52. The lowest BCUT2D eigenvalue weighted by molar-refractivity contribution is -0.115. The monoisotopic (exact) mass is 313 g/mol. The number of likely N-dealkylation sites (N-methyl/N-ethyl adjacent to an activating group) is 1. The van der Waals surface area contributed by atoms with E-state index in [2.05, 4.69) is 22.5 Å². The van der Waals surface area contributed by atoms with Crippen molar-refractivity contribution in [2.24, 2.45) is 0 Å². The number of benzene rings is 1. The second kappa shape index (κ2) is 8.61. The third-order valence-electron chi connectivity index (χ3n) is 2.98. The Kier molecular flexibility index (Phi) is 7.14. The first-order valence-electron chi connectivity index (χ1n) is 6.66. The van der Waals surface area contributed by atoms with Crippen LogP contribution in [-0.4, -0.2) is 55.1 Å². The molecule has 0 aliphatic heterocycles. The number of amides is 1. The predicted molar refractivity (Wildman–Crippen MR) is 83.1 cm³/mol. The molecule has 0 saturated heterocycles. The van der Waals surface area contributed by atoms with Gasteiger partial charge in [-0.3, -0.25) is 4.79 Å². The van der Waals surface area contributed by atoms with Crippen LogP contribution in [0, 0.1) is 0 Å². The van der Waals surface area contributed by atoms with Crippen molar-refractivity contribution in [3.05, 3.63) is 28.8 Å². The van der Waals surface area contributed by atoms with Crippen molar-refractivity contribution >= 4 is 29.2 Å². The highest BCUT2D eigenvalue weighted by molar-refractivity contribution is 6.33. The van der Waals surface area contributed by atoms with Gasteiger partial charge in [-0.15, -0.1) is 0 Å². The van der Waals surface area contributed by atoms with Gasteiger partial charge >= 0.3 is 5.97 Å². The summed E-state index contributed by atoms with van der Waals surface area (Å²) in [6.45, 7) is 4.69. The highest BCUT2D eigenvalue weighted by Gasteiger charge is 2.10. The maximum Gasteiger partial charge on any atom is 0.335 e. The van der Waals surface area contributed by atoms with E-state index in [4.69, 9.17) is 16.7 Å². The van der Waals surface area contributed by atoms with E-state index >= 15 is 0 Å². The summed E-state index contributed by atoms with van der Waals surface area (Å²) in [5.74, 6) is -1.33. The smallest absolute Gasteiger partial charge is 0.335 e. The number of carbonyl (C=O) groups excluding carboxylic acids is 1. The summed E-state index contributed by atoms with van der Waals surface area (Å²) < 4.78 is 0. The number of aromatic carboxylic acids is 1. The van der Waals surface area contributed by atoms with Gasteiger partial charge in [-0.05, 0) is 31.8 Å². The molecule has 6 nitrogen and oxygen atoms in total. The molecule has 0 bridgehead atoms. The summed E-state index contributed by atoms with van der Waals surface area (Å²) in [6.07, 6.45) is 0. The van der Waals surface area contributed by atoms with Crippen molar-refractivity contribution in [1.82, 2.24) is 10.2 Å². The van der Waals surface area contributed by atoms with Gasteiger partial charge in [0.05, 0.1) is 22.8 Å². The molecule has 0 heterocycles. The van der Waals surface area contributed by atoms with Gasteiger partial charge in [0.15, 0.2) is 0 Å². The van der Waals surface area contributed by atoms with E-state index in [-0.39, 0.29) is 18.0 Å². The molecular formula is C14H20ClN3O3. The number of halogens is 1. The summed E-state index contributed by atoms with van der Waals surface area (Å²) in [6, 6.07) is 4.18. The molecule has 116 valence electrons. The summed E-state index contributed by atoms with van der Waals surface area (Å²) >= 11 is 5.93. The van der Waals surface area contributed by atoms with Gasteiger partial charge < -0.3 is 20.6 Å². The highest BCUT2D eigenvalue weighted by Crippen LogP contribution is 2.22. The molecule has 1 rings (SSSR count). The number of carboxylic acid groups (broad SMARTS) is 1. The molecule has 0 aliphatic rings. The van der Waals surface area contributed by atoms with E-state index in [0.29, 0.717) is 17.3 Å². The molecular weight excluding hydrogens is 294 g/mol. The average Bonchev–Trinajstić information content (AvgIpc) is 2.45. The van der Waals surface area contributed by atoms with Crippen molar-refractivity contribution in [1.29, 1.82) is 0 Å².